The van der Waals surface area contributed by atoms with E-state index >= 15 is 0 Å². The zero-order valence-electron chi connectivity index (χ0n) is 15.3. The minimum absolute atomic E-state index is 0.0796. The number of carboxylic acids is 1. The monoisotopic (exact) mass is 387 g/mol. The van der Waals surface area contributed by atoms with Gasteiger partial charge in [0.15, 0.2) is 0 Å². The normalized spacial score (nSPS) is 12.0. The molecular formula is C23H17NO5. The fourth-order valence-corrected chi connectivity index (χ4v) is 3.67. The van der Waals surface area contributed by atoms with E-state index in [1.165, 1.54) is 18.2 Å². The van der Waals surface area contributed by atoms with Gasteiger partial charge in [-0.25, -0.2) is 9.59 Å². The fraction of sp³-hybridized carbons (Fsp3) is 0.0870. The van der Waals surface area contributed by atoms with Crippen LogP contribution in [-0.2, 0) is 4.74 Å². The van der Waals surface area contributed by atoms with Crippen LogP contribution in [0.15, 0.2) is 66.7 Å². The quantitative estimate of drug-likeness (QED) is 0.626. The van der Waals surface area contributed by atoms with Crippen LogP contribution in [-0.4, -0.2) is 30.1 Å². The highest BCUT2D eigenvalue weighted by Crippen LogP contribution is 2.44. The molecule has 1 amide bonds. The van der Waals surface area contributed by atoms with Gasteiger partial charge in [-0.3, -0.25) is 10.1 Å². The van der Waals surface area contributed by atoms with E-state index in [0.29, 0.717) is 6.29 Å². The third-order valence-corrected chi connectivity index (χ3v) is 4.93. The Kier molecular flexibility index (Phi) is 4.83. The molecule has 0 atom stereocenters. The molecule has 144 valence electrons. The lowest BCUT2D eigenvalue weighted by atomic mass is 9.98. The van der Waals surface area contributed by atoms with Gasteiger partial charge in [-0.1, -0.05) is 48.5 Å². The summed E-state index contributed by atoms with van der Waals surface area (Å²) in [6, 6.07) is 19.9. The molecule has 2 N–H and O–H groups in total. The molecule has 4 rings (SSSR count). The molecule has 29 heavy (non-hydrogen) atoms. The van der Waals surface area contributed by atoms with Gasteiger partial charge in [0, 0.05) is 17.2 Å². The minimum Gasteiger partial charge on any atom is -0.478 e. The van der Waals surface area contributed by atoms with E-state index in [1.807, 2.05) is 48.5 Å². The minimum atomic E-state index is -1.19. The van der Waals surface area contributed by atoms with Crippen molar-refractivity contribution in [2.75, 3.05) is 11.9 Å². The van der Waals surface area contributed by atoms with Crippen molar-refractivity contribution in [1.29, 1.82) is 0 Å². The highest BCUT2D eigenvalue weighted by atomic mass is 16.5. The van der Waals surface area contributed by atoms with E-state index in [1.54, 1.807) is 0 Å². The number of hydrogen-bond acceptors (Lipinski definition) is 4. The van der Waals surface area contributed by atoms with Crippen molar-refractivity contribution in [3.05, 3.63) is 89.0 Å². The highest BCUT2D eigenvalue weighted by molar-refractivity contribution is 5.94. The SMILES string of the molecule is O=Cc1cc(NC(=O)OCC2c3ccccc3-c3ccccc32)cc(C(=O)O)c1. The Bertz CT molecular complexity index is 1080. The second-order valence-corrected chi connectivity index (χ2v) is 6.72. The number of rotatable bonds is 5. The number of aromatic carboxylic acids is 1. The summed E-state index contributed by atoms with van der Waals surface area (Å²) >= 11 is 0. The van der Waals surface area contributed by atoms with Gasteiger partial charge >= 0.3 is 12.1 Å². The van der Waals surface area contributed by atoms with E-state index in [0.717, 1.165) is 22.3 Å². The average molecular weight is 387 g/mol. The van der Waals surface area contributed by atoms with Gasteiger partial charge in [-0.15, -0.1) is 0 Å². The van der Waals surface area contributed by atoms with E-state index in [9.17, 15) is 14.4 Å². The van der Waals surface area contributed by atoms with Gasteiger partial charge in [0.25, 0.3) is 0 Å². The number of anilines is 1. The Hall–Kier alpha value is -3.93. The molecule has 0 unspecified atom stereocenters. The van der Waals surface area contributed by atoms with Crippen LogP contribution < -0.4 is 5.32 Å². The molecule has 1 aliphatic rings. The van der Waals surface area contributed by atoms with Gasteiger partial charge in [-0.2, -0.15) is 0 Å². The molecule has 1 aliphatic carbocycles. The molecule has 0 saturated heterocycles. The van der Waals surface area contributed by atoms with Gasteiger partial charge in [0.2, 0.25) is 0 Å². The predicted octanol–water partition coefficient (Wildman–Crippen LogP) is 4.56. The van der Waals surface area contributed by atoms with Gasteiger partial charge in [0.05, 0.1) is 5.56 Å². The van der Waals surface area contributed by atoms with Crippen molar-refractivity contribution in [2.45, 2.75) is 5.92 Å². The molecule has 0 aliphatic heterocycles. The number of carboxylic acid groups (broad SMARTS) is 1. The standard InChI is InChI=1S/C23H17NO5/c25-12-14-9-15(22(26)27)11-16(10-14)24-23(28)29-13-21-19-7-3-1-5-17(19)18-6-2-4-8-20(18)21/h1-12,21H,13H2,(H,24,28)(H,26,27). The maximum Gasteiger partial charge on any atom is 0.411 e. The number of hydrogen-bond donors (Lipinski definition) is 2. The summed E-state index contributed by atoms with van der Waals surface area (Å²) in [4.78, 5) is 34.5. The van der Waals surface area contributed by atoms with Crippen molar-refractivity contribution >= 4 is 24.0 Å². The smallest absolute Gasteiger partial charge is 0.411 e. The van der Waals surface area contributed by atoms with E-state index in [2.05, 4.69) is 5.32 Å². The third-order valence-electron chi connectivity index (χ3n) is 4.93. The third kappa shape index (κ3) is 3.60. The predicted molar refractivity (Wildman–Crippen MR) is 107 cm³/mol. The van der Waals surface area contributed by atoms with Crippen LogP contribution in [0.1, 0.15) is 37.8 Å². The summed E-state index contributed by atoms with van der Waals surface area (Å²) in [7, 11) is 0. The molecule has 6 nitrogen and oxygen atoms in total. The topological polar surface area (TPSA) is 92.7 Å². The Morgan fingerprint density at radius 1 is 0.966 bits per heavy atom. The van der Waals surface area contributed by atoms with Crippen molar-refractivity contribution in [3.8, 4) is 11.1 Å². The molecule has 6 heteroatoms. The molecule has 0 spiro atoms. The van der Waals surface area contributed by atoms with Crippen LogP contribution in [0.25, 0.3) is 11.1 Å². The van der Waals surface area contributed by atoms with Crippen molar-refractivity contribution in [2.24, 2.45) is 0 Å². The number of amides is 1. The Morgan fingerprint density at radius 2 is 1.59 bits per heavy atom. The molecule has 0 saturated carbocycles. The molecular weight excluding hydrogens is 370 g/mol. The Balaban J connectivity index is 1.50. The fourth-order valence-electron chi connectivity index (χ4n) is 3.67. The molecule has 0 aromatic heterocycles. The van der Waals surface area contributed by atoms with Crippen LogP contribution in [0.4, 0.5) is 10.5 Å². The van der Waals surface area contributed by atoms with Crippen LogP contribution in [0.5, 0.6) is 0 Å². The molecule has 0 fully saturated rings. The van der Waals surface area contributed by atoms with Crippen molar-refractivity contribution < 1.29 is 24.2 Å². The second-order valence-electron chi connectivity index (χ2n) is 6.72. The van der Waals surface area contributed by atoms with E-state index in [4.69, 9.17) is 9.84 Å². The Morgan fingerprint density at radius 3 is 2.17 bits per heavy atom. The zero-order valence-corrected chi connectivity index (χ0v) is 15.3. The number of benzene rings is 3. The number of ether oxygens (including phenoxy) is 1. The summed E-state index contributed by atoms with van der Waals surface area (Å²) in [6.07, 6.45) is -0.193. The molecule has 3 aromatic carbocycles. The maximum atomic E-state index is 12.3. The Labute approximate surface area is 166 Å². The van der Waals surface area contributed by atoms with E-state index < -0.39 is 12.1 Å². The van der Waals surface area contributed by atoms with Gasteiger partial charge < -0.3 is 9.84 Å². The van der Waals surface area contributed by atoms with Crippen LogP contribution in [0.2, 0.25) is 0 Å². The number of fused-ring (bicyclic) bond motifs is 3. The van der Waals surface area contributed by atoms with Crippen LogP contribution in [0, 0.1) is 0 Å². The lowest BCUT2D eigenvalue weighted by molar-refractivity contribution is 0.0696. The lowest BCUT2D eigenvalue weighted by Gasteiger charge is -2.15. The molecule has 0 bridgehead atoms. The first kappa shape index (κ1) is 18.4. The average Bonchev–Trinajstić information content (AvgIpc) is 3.06. The summed E-state index contributed by atoms with van der Waals surface area (Å²) in [5, 5.41) is 11.6. The number of aldehydes is 1. The maximum absolute atomic E-state index is 12.3. The molecule has 0 heterocycles. The van der Waals surface area contributed by atoms with E-state index in [-0.39, 0.29) is 29.3 Å². The lowest BCUT2D eigenvalue weighted by Crippen LogP contribution is -2.18. The van der Waals surface area contributed by atoms with Crippen molar-refractivity contribution in [1.82, 2.24) is 0 Å². The first-order valence-electron chi connectivity index (χ1n) is 9.02. The van der Waals surface area contributed by atoms with Crippen LogP contribution >= 0.6 is 0 Å². The summed E-state index contributed by atoms with van der Waals surface area (Å²) in [5.74, 6) is -1.27. The zero-order chi connectivity index (χ0) is 20.4. The first-order valence-corrected chi connectivity index (χ1v) is 9.02. The second kappa shape index (κ2) is 7.59. The summed E-state index contributed by atoms with van der Waals surface area (Å²) < 4.78 is 5.43. The van der Waals surface area contributed by atoms with Gasteiger partial charge in [0.1, 0.15) is 12.9 Å². The molecule has 3 aromatic rings. The first-order chi connectivity index (χ1) is 14.1. The highest BCUT2D eigenvalue weighted by Gasteiger charge is 2.29. The number of carbonyl (C=O) groups excluding carboxylic acids is 2. The van der Waals surface area contributed by atoms with Crippen LogP contribution in [0.3, 0.4) is 0 Å². The van der Waals surface area contributed by atoms with Gasteiger partial charge in [-0.05, 0) is 40.5 Å². The largest absolute Gasteiger partial charge is 0.478 e. The summed E-state index contributed by atoms with van der Waals surface area (Å²) in [6.45, 7) is 0.138. The molecule has 0 radical (unpaired) electrons. The van der Waals surface area contributed by atoms with Crippen molar-refractivity contribution in [3.63, 3.8) is 0 Å². The number of carbonyl (C=O) groups is 3. The number of nitrogens with one attached hydrogen (secondary N) is 1. The summed E-state index contributed by atoms with van der Waals surface area (Å²) in [5.41, 5.74) is 4.69.